The van der Waals surface area contributed by atoms with Crippen molar-refractivity contribution in [3.05, 3.63) is 17.5 Å². The minimum absolute atomic E-state index is 0.00112. The van der Waals surface area contributed by atoms with Crippen LogP contribution in [0.1, 0.15) is 47.9 Å². The molecule has 1 aliphatic heterocycles. The minimum atomic E-state index is -4.54. The molecule has 0 aliphatic carbocycles. The molecule has 1 atom stereocenters. The van der Waals surface area contributed by atoms with E-state index in [1.54, 1.807) is 0 Å². The van der Waals surface area contributed by atoms with E-state index in [4.69, 9.17) is 5.73 Å². The van der Waals surface area contributed by atoms with Gasteiger partial charge in [-0.25, -0.2) is 0 Å². The first kappa shape index (κ1) is 15.3. The van der Waals surface area contributed by atoms with Gasteiger partial charge in [0.2, 0.25) is 5.91 Å². The summed E-state index contributed by atoms with van der Waals surface area (Å²) in [6.07, 6.45) is -4.07. The van der Waals surface area contributed by atoms with Crippen molar-refractivity contribution in [1.29, 1.82) is 0 Å². The van der Waals surface area contributed by atoms with Gasteiger partial charge >= 0.3 is 6.18 Å². The van der Waals surface area contributed by atoms with E-state index in [1.807, 2.05) is 0 Å². The van der Waals surface area contributed by atoms with Crippen LogP contribution in [0.2, 0.25) is 0 Å². The number of hydrogen-bond donors (Lipinski definition) is 2. The van der Waals surface area contributed by atoms with Crippen LogP contribution >= 0.6 is 0 Å². The molecule has 9 heteroatoms. The van der Waals surface area contributed by atoms with Crippen LogP contribution in [0.15, 0.2) is 6.07 Å². The Labute approximate surface area is 118 Å². The zero-order valence-corrected chi connectivity index (χ0v) is 11.1. The van der Waals surface area contributed by atoms with Crippen LogP contribution in [0.3, 0.4) is 0 Å². The summed E-state index contributed by atoms with van der Waals surface area (Å²) < 4.78 is 37.1. The molecule has 0 bridgehead atoms. The largest absolute Gasteiger partial charge is 0.397 e. The third-order valence-electron chi connectivity index (χ3n) is 3.38. The zero-order valence-electron chi connectivity index (χ0n) is 11.1. The number of aromatic amines is 1. The van der Waals surface area contributed by atoms with Crippen molar-refractivity contribution in [1.82, 2.24) is 15.1 Å². The molecule has 3 N–H and O–H groups in total. The normalized spacial score (nSPS) is 19.6. The molecular weight excluding hydrogens is 289 g/mol. The first-order valence-electron chi connectivity index (χ1n) is 6.49. The summed E-state index contributed by atoms with van der Waals surface area (Å²) in [5, 5.41) is 6.28. The summed E-state index contributed by atoms with van der Waals surface area (Å²) in [4.78, 5) is 24.0. The quantitative estimate of drug-likeness (QED) is 0.886. The Morgan fingerprint density at radius 3 is 2.71 bits per heavy atom. The molecule has 0 radical (unpaired) electrons. The number of piperidine rings is 1. The second-order valence-electron chi connectivity index (χ2n) is 4.96. The van der Waals surface area contributed by atoms with E-state index in [9.17, 15) is 22.8 Å². The van der Waals surface area contributed by atoms with Gasteiger partial charge in [0.05, 0.1) is 11.7 Å². The molecule has 21 heavy (non-hydrogen) atoms. The van der Waals surface area contributed by atoms with E-state index < -0.39 is 30.5 Å². The molecule has 0 saturated carbocycles. The van der Waals surface area contributed by atoms with Crippen molar-refractivity contribution in [2.24, 2.45) is 5.73 Å². The number of nitrogens with one attached hydrogen (secondary N) is 1. The molecule has 2 heterocycles. The van der Waals surface area contributed by atoms with Gasteiger partial charge in [0.15, 0.2) is 0 Å². The minimum Gasteiger partial charge on any atom is -0.364 e. The maximum absolute atomic E-state index is 12.4. The summed E-state index contributed by atoms with van der Waals surface area (Å²) in [5.41, 5.74) is 5.51. The topological polar surface area (TPSA) is 92.1 Å². The highest BCUT2D eigenvalue weighted by Gasteiger charge is 2.37. The van der Waals surface area contributed by atoms with Crippen molar-refractivity contribution in [2.75, 3.05) is 6.54 Å². The number of nitrogens with two attached hydrogens (primary N) is 1. The Hall–Kier alpha value is -2.06. The van der Waals surface area contributed by atoms with Gasteiger partial charge in [0.25, 0.3) is 5.91 Å². The molecular formula is C12H15F3N4O2. The van der Waals surface area contributed by atoms with Crippen LogP contribution in [0.4, 0.5) is 13.2 Å². The number of alkyl halides is 3. The highest BCUT2D eigenvalue weighted by molar-refractivity contribution is 5.90. The van der Waals surface area contributed by atoms with Crippen LogP contribution in [0.5, 0.6) is 0 Å². The van der Waals surface area contributed by atoms with Gasteiger partial charge in [-0.1, -0.05) is 0 Å². The maximum atomic E-state index is 12.4. The Balaban J connectivity index is 2.18. The van der Waals surface area contributed by atoms with E-state index in [2.05, 4.69) is 10.2 Å². The molecule has 1 aromatic rings. The number of primary amides is 1. The lowest BCUT2D eigenvalue weighted by atomic mass is 9.98. The number of aromatic nitrogens is 2. The van der Waals surface area contributed by atoms with Gasteiger partial charge in [-0.3, -0.25) is 14.7 Å². The first-order valence-corrected chi connectivity index (χ1v) is 6.49. The smallest absolute Gasteiger partial charge is 0.364 e. The Morgan fingerprint density at radius 1 is 1.43 bits per heavy atom. The number of carbonyl (C=O) groups is 2. The number of carbonyl (C=O) groups excluding carboxylic acids is 2. The van der Waals surface area contributed by atoms with E-state index >= 15 is 0 Å². The second-order valence-corrected chi connectivity index (χ2v) is 4.96. The average Bonchev–Trinajstić information content (AvgIpc) is 2.86. The second kappa shape index (κ2) is 5.74. The molecule has 116 valence electrons. The highest BCUT2D eigenvalue weighted by atomic mass is 19.4. The lowest BCUT2D eigenvalue weighted by Gasteiger charge is -2.35. The summed E-state index contributed by atoms with van der Waals surface area (Å²) in [7, 11) is 0. The number of amides is 2. The van der Waals surface area contributed by atoms with Crippen LogP contribution < -0.4 is 5.73 Å². The van der Waals surface area contributed by atoms with Crippen LogP contribution in [0, 0.1) is 0 Å². The SMILES string of the molecule is NC(=O)c1cc(C2CCCCN2C(=O)CC(F)(F)F)[nH]n1. The zero-order chi connectivity index (χ0) is 15.6. The van der Waals surface area contributed by atoms with E-state index in [0.29, 0.717) is 18.5 Å². The molecule has 2 rings (SSSR count). The maximum Gasteiger partial charge on any atom is 0.397 e. The van der Waals surface area contributed by atoms with Gasteiger partial charge < -0.3 is 10.6 Å². The number of nitrogens with zero attached hydrogens (tertiary/aromatic N) is 2. The highest BCUT2D eigenvalue weighted by Crippen LogP contribution is 2.32. The fraction of sp³-hybridized carbons (Fsp3) is 0.583. The predicted molar refractivity (Wildman–Crippen MR) is 66.1 cm³/mol. The van der Waals surface area contributed by atoms with E-state index in [-0.39, 0.29) is 12.2 Å². The molecule has 1 aromatic heterocycles. The number of rotatable bonds is 3. The summed E-state index contributed by atoms with van der Waals surface area (Å²) in [6, 6.07) is 0.848. The van der Waals surface area contributed by atoms with Crippen LogP contribution in [-0.2, 0) is 4.79 Å². The standard InChI is InChI=1S/C12H15F3N4O2/c13-12(14,15)6-10(20)19-4-2-1-3-9(19)7-5-8(11(16)21)18-17-7/h5,9H,1-4,6H2,(H2,16,21)(H,17,18). The van der Waals surface area contributed by atoms with Gasteiger partial charge in [-0.2, -0.15) is 18.3 Å². The van der Waals surface area contributed by atoms with Crippen molar-refractivity contribution in [3.63, 3.8) is 0 Å². The molecule has 1 aliphatic rings. The molecule has 1 fully saturated rings. The molecule has 6 nitrogen and oxygen atoms in total. The van der Waals surface area contributed by atoms with E-state index in [0.717, 1.165) is 6.42 Å². The molecule has 1 saturated heterocycles. The lowest BCUT2D eigenvalue weighted by Crippen LogP contribution is -2.40. The molecule has 0 spiro atoms. The first-order chi connectivity index (χ1) is 9.78. The van der Waals surface area contributed by atoms with Crippen LogP contribution in [0.25, 0.3) is 0 Å². The Bertz CT molecular complexity index is 541. The molecule has 1 unspecified atom stereocenters. The third-order valence-corrected chi connectivity index (χ3v) is 3.38. The van der Waals surface area contributed by atoms with Gasteiger partial charge in [-0.15, -0.1) is 0 Å². The molecule has 0 aromatic carbocycles. The fourth-order valence-corrected chi connectivity index (χ4v) is 2.46. The van der Waals surface area contributed by atoms with Crippen LogP contribution in [-0.4, -0.2) is 39.6 Å². The van der Waals surface area contributed by atoms with E-state index in [1.165, 1.54) is 11.0 Å². The molecule has 2 amide bonds. The Morgan fingerprint density at radius 2 is 2.14 bits per heavy atom. The summed E-state index contributed by atoms with van der Waals surface area (Å²) in [6.45, 7) is 0.254. The fourth-order valence-electron chi connectivity index (χ4n) is 2.46. The van der Waals surface area contributed by atoms with Crippen molar-refractivity contribution < 1.29 is 22.8 Å². The Kier molecular flexibility index (Phi) is 4.19. The summed E-state index contributed by atoms with van der Waals surface area (Å²) in [5.74, 6) is -1.70. The van der Waals surface area contributed by atoms with Gasteiger partial charge in [-0.05, 0) is 25.3 Å². The van der Waals surface area contributed by atoms with Gasteiger partial charge in [0, 0.05) is 6.54 Å². The van der Waals surface area contributed by atoms with Crippen molar-refractivity contribution in [3.8, 4) is 0 Å². The third kappa shape index (κ3) is 3.73. The predicted octanol–water partition coefficient (Wildman–Crippen LogP) is 1.51. The number of H-pyrrole nitrogens is 1. The van der Waals surface area contributed by atoms with Gasteiger partial charge in [0.1, 0.15) is 12.1 Å². The number of halogens is 3. The number of likely N-dealkylation sites (tertiary alicyclic amines) is 1. The number of hydrogen-bond acceptors (Lipinski definition) is 3. The monoisotopic (exact) mass is 304 g/mol. The van der Waals surface area contributed by atoms with Crippen molar-refractivity contribution in [2.45, 2.75) is 37.9 Å². The summed E-state index contributed by atoms with van der Waals surface area (Å²) >= 11 is 0. The van der Waals surface area contributed by atoms with Crippen molar-refractivity contribution >= 4 is 11.8 Å². The average molecular weight is 304 g/mol. The lowest BCUT2D eigenvalue weighted by molar-refractivity contribution is -0.164.